The van der Waals surface area contributed by atoms with Crippen molar-refractivity contribution >= 4 is 13.3 Å². The smallest absolute Gasteiger partial charge is 0.157 e. The van der Waals surface area contributed by atoms with Gasteiger partial charge < -0.3 is 9.47 Å². The van der Waals surface area contributed by atoms with Gasteiger partial charge in [-0.05, 0) is 44.6 Å². The highest BCUT2D eigenvalue weighted by molar-refractivity contribution is 6.90. The largest absolute Gasteiger partial charge is 0.353 e. The Balaban J connectivity index is 1.50. The van der Waals surface area contributed by atoms with Gasteiger partial charge in [-0.3, -0.25) is 0 Å². The van der Waals surface area contributed by atoms with E-state index >= 15 is 0 Å². The van der Waals surface area contributed by atoms with E-state index in [9.17, 15) is 0 Å². The summed E-state index contributed by atoms with van der Waals surface area (Å²) in [6, 6.07) is 12.2. The molecule has 3 heteroatoms. The summed E-state index contributed by atoms with van der Waals surface area (Å²) in [6.07, 6.45) is 13.2. The molecule has 0 saturated carbocycles. The fourth-order valence-electron chi connectivity index (χ4n) is 3.10. The van der Waals surface area contributed by atoms with E-state index in [1.54, 1.807) is 5.19 Å². The molecule has 1 aromatic carbocycles. The average Bonchev–Trinajstić information content (AvgIpc) is 2.62. The maximum atomic E-state index is 5.77. The Hall–Kier alpha value is -0.903. The molecule has 1 aliphatic rings. The van der Waals surface area contributed by atoms with Gasteiger partial charge in [0.25, 0.3) is 0 Å². The maximum Gasteiger partial charge on any atom is 0.157 e. The van der Waals surface area contributed by atoms with Gasteiger partial charge in [0.1, 0.15) is 0 Å². The number of allylic oxidation sites excluding steroid dienone is 2. The maximum absolute atomic E-state index is 5.77. The summed E-state index contributed by atoms with van der Waals surface area (Å²) in [5.74, 6) is 0. The summed E-state index contributed by atoms with van der Waals surface area (Å²) < 4.78 is 11.3. The van der Waals surface area contributed by atoms with E-state index in [0.29, 0.717) is 0 Å². The lowest BCUT2D eigenvalue weighted by Crippen LogP contribution is -2.40. The van der Waals surface area contributed by atoms with Gasteiger partial charge in [-0.1, -0.05) is 67.2 Å². The third-order valence-corrected chi connectivity index (χ3v) is 7.96. The SMILES string of the molecule is C[Si](C)(C/C=C/CCCCCOC1CCCCO1)c1ccccc1. The van der Waals surface area contributed by atoms with E-state index < -0.39 is 8.07 Å². The van der Waals surface area contributed by atoms with Crippen LogP contribution in [0.15, 0.2) is 42.5 Å². The van der Waals surface area contributed by atoms with E-state index in [0.717, 1.165) is 26.1 Å². The molecule has 1 aromatic rings. The Labute approximate surface area is 149 Å². The van der Waals surface area contributed by atoms with Crippen LogP contribution in [0, 0.1) is 0 Å². The van der Waals surface area contributed by atoms with E-state index in [-0.39, 0.29) is 6.29 Å². The van der Waals surface area contributed by atoms with Crippen LogP contribution in [-0.2, 0) is 9.47 Å². The molecule has 0 spiro atoms. The van der Waals surface area contributed by atoms with Gasteiger partial charge in [0.2, 0.25) is 0 Å². The van der Waals surface area contributed by atoms with Crippen molar-refractivity contribution in [2.45, 2.75) is 70.4 Å². The molecule has 0 amide bonds. The standard InChI is InChI=1S/C21H34O2Si/c1-24(2,20-14-8-7-9-15-20)19-13-6-4-3-5-11-17-22-21-16-10-12-18-23-21/h6-9,13-15,21H,3-5,10-12,16-19H2,1-2H3/b13-6+. The number of benzene rings is 1. The molecule has 1 aliphatic heterocycles. The van der Waals surface area contributed by atoms with Crippen LogP contribution in [0.25, 0.3) is 0 Å². The first-order chi connectivity index (χ1) is 11.7. The molecule has 0 radical (unpaired) electrons. The van der Waals surface area contributed by atoms with E-state index in [2.05, 4.69) is 55.6 Å². The molecule has 1 unspecified atom stereocenters. The van der Waals surface area contributed by atoms with Gasteiger partial charge in [-0.25, -0.2) is 0 Å². The van der Waals surface area contributed by atoms with Crippen molar-refractivity contribution in [2.24, 2.45) is 0 Å². The molecule has 0 aliphatic carbocycles. The van der Waals surface area contributed by atoms with Crippen molar-refractivity contribution in [1.82, 2.24) is 0 Å². The molecular weight excluding hydrogens is 312 g/mol. The summed E-state index contributed by atoms with van der Waals surface area (Å²) in [4.78, 5) is 0. The number of hydrogen-bond acceptors (Lipinski definition) is 2. The highest BCUT2D eigenvalue weighted by Crippen LogP contribution is 2.15. The van der Waals surface area contributed by atoms with Crippen LogP contribution in [0.5, 0.6) is 0 Å². The van der Waals surface area contributed by atoms with Crippen LogP contribution in [-0.4, -0.2) is 27.6 Å². The second-order valence-electron chi connectivity index (χ2n) is 7.44. The normalized spacial score (nSPS) is 19.0. The number of hydrogen-bond donors (Lipinski definition) is 0. The van der Waals surface area contributed by atoms with Crippen molar-refractivity contribution in [1.29, 1.82) is 0 Å². The van der Waals surface area contributed by atoms with Crippen LogP contribution >= 0.6 is 0 Å². The molecule has 1 atom stereocenters. The van der Waals surface area contributed by atoms with Gasteiger partial charge >= 0.3 is 0 Å². The summed E-state index contributed by atoms with van der Waals surface area (Å²) in [5, 5.41) is 1.55. The second kappa shape index (κ2) is 10.9. The predicted molar refractivity (Wildman–Crippen MR) is 106 cm³/mol. The zero-order chi connectivity index (χ0) is 17.1. The molecule has 1 heterocycles. The van der Waals surface area contributed by atoms with Crippen LogP contribution in [0.1, 0.15) is 44.9 Å². The minimum Gasteiger partial charge on any atom is -0.353 e. The summed E-state index contributed by atoms with van der Waals surface area (Å²) in [6.45, 7) is 6.63. The zero-order valence-corrected chi connectivity index (χ0v) is 16.5. The average molecular weight is 347 g/mol. The highest BCUT2D eigenvalue weighted by Gasteiger charge is 2.20. The molecule has 0 bridgehead atoms. The second-order valence-corrected chi connectivity index (χ2v) is 12.2. The number of unbranched alkanes of at least 4 members (excludes halogenated alkanes) is 3. The molecule has 0 aromatic heterocycles. The quantitative estimate of drug-likeness (QED) is 0.327. The van der Waals surface area contributed by atoms with Crippen molar-refractivity contribution in [2.75, 3.05) is 13.2 Å². The number of ether oxygens (including phenoxy) is 2. The molecule has 1 fully saturated rings. The lowest BCUT2D eigenvalue weighted by Gasteiger charge is -2.22. The van der Waals surface area contributed by atoms with Crippen LogP contribution in [0.3, 0.4) is 0 Å². The molecule has 2 nitrogen and oxygen atoms in total. The minimum absolute atomic E-state index is 0.0730. The van der Waals surface area contributed by atoms with Crippen molar-refractivity contribution in [3.8, 4) is 0 Å². The first kappa shape index (κ1) is 19.4. The monoisotopic (exact) mass is 346 g/mol. The molecule has 2 rings (SSSR count). The minimum atomic E-state index is -1.30. The van der Waals surface area contributed by atoms with Crippen LogP contribution in [0.2, 0.25) is 19.1 Å². The lowest BCUT2D eigenvalue weighted by molar-refractivity contribution is -0.162. The Morgan fingerprint density at radius 1 is 1.08 bits per heavy atom. The van der Waals surface area contributed by atoms with Crippen LogP contribution in [0.4, 0.5) is 0 Å². The molecule has 1 saturated heterocycles. The molecule has 134 valence electrons. The van der Waals surface area contributed by atoms with Gasteiger partial charge in [0, 0.05) is 13.2 Å². The summed E-state index contributed by atoms with van der Waals surface area (Å²) in [5.41, 5.74) is 0. The van der Waals surface area contributed by atoms with Gasteiger partial charge in [-0.2, -0.15) is 0 Å². The third-order valence-electron chi connectivity index (χ3n) is 4.81. The number of rotatable bonds is 10. The van der Waals surface area contributed by atoms with Crippen molar-refractivity contribution in [3.63, 3.8) is 0 Å². The van der Waals surface area contributed by atoms with E-state index in [1.165, 1.54) is 38.1 Å². The first-order valence-corrected chi connectivity index (χ1v) is 12.8. The fraction of sp³-hybridized carbons (Fsp3) is 0.619. The van der Waals surface area contributed by atoms with E-state index in [4.69, 9.17) is 9.47 Å². The molecular formula is C21H34O2Si. The summed E-state index contributed by atoms with van der Waals surface area (Å²) in [7, 11) is -1.30. The Morgan fingerprint density at radius 3 is 2.67 bits per heavy atom. The fourth-order valence-corrected chi connectivity index (χ4v) is 5.19. The van der Waals surface area contributed by atoms with Gasteiger partial charge in [-0.15, -0.1) is 0 Å². The molecule has 0 N–H and O–H groups in total. The first-order valence-electron chi connectivity index (χ1n) is 9.62. The Kier molecular flexibility index (Phi) is 8.79. The lowest BCUT2D eigenvalue weighted by atomic mass is 10.2. The topological polar surface area (TPSA) is 18.5 Å². The predicted octanol–water partition coefficient (Wildman–Crippen LogP) is 5.26. The summed E-state index contributed by atoms with van der Waals surface area (Å²) >= 11 is 0. The van der Waals surface area contributed by atoms with Gasteiger partial charge in [0.15, 0.2) is 6.29 Å². The Morgan fingerprint density at radius 2 is 1.92 bits per heavy atom. The Bertz CT molecular complexity index is 464. The van der Waals surface area contributed by atoms with Gasteiger partial charge in [0.05, 0.1) is 8.07 Å². The molecule has 24 heavy (non-hydrogen) atoms. The van der Waals surface area contributed by atoms with Crippen molar-refractivity contribution < 1.29 is 9.47 Å². The van der Waals surface area contributed by atoms with Crippen molar-refractivity contribution in [3.05, 3.63) is 42.5 Å². The van der Waals surface area contributed by atoms with Crippen LogP contribution < -0.4 is 5.19 Å². The third kappa shape index (κ3) is 7.33. The zero-order valence-electron chi connectivity index (χ0n) is 15.5. The van der Waals surface area contributed by atoms with E-state index in [1.807, 2.05) is 0 Å². The highest BCUT2D eigenvalue weighted by atomic mass is 28.3.